The second-order valence-corrected chi connectivity index (χ2v) is 21.3. The first-order valence-corrected chi connectivity index (χ1v) is 33.3. The molecule has 0 saturated heterocycles. The zero-order valence-corrected chi connectivity index (χ0v) is 53.1. The number of rotatable bonds is 58. The summed E-state index contributed by atoms with van der Waals surface area (Å²) in [5.41, 5.74) is 0. The van der Waals surface area contributed by atoms with Crippen LogP contribution in [0, 0.1) is 0 Å². The number of ether oxygens (including phenoxy) is 3. The minimum absolute atomic E-state index is 0.117. The Bertz CT molecular complexity index is 1940. The number of allylic oxidation sites excluding steroid dienone is 30. The summed E-state index contributed by atoms with van der Waals surface area (Å²) in [6.45, 7) is 6.33. The van der Waals surface area contributed by atoms with Gasteiger partial charge in [-0.15, -0.1) is 0 Å². The van der Waals surface area contributed by atoms with Crippen molar-refractivity contribution >= 4 is 17.9 Å². The van der Waals surface area contributed by atoms with E-state index < -0.39 is 6.10 Å². The van der Waals surface area contributed by atoms with E-state index in [-0.39, 0.29) is 37.5 Å². The average molecular weight is 1140 g/mol. The van der Waals surface area contributed by atoms with Gasteiger partial charge in [0, 0.05) is 19.3 Å². The standard InChI is InChI=1S/C77H120O6/c1-4-7-10-13-16-19-22-25-27-29-31-33-35-36-37-38-39-40-42-43-45-47-49-52-55-58-61-64-67-70-76(79)82-73-74(72-81-75(78)69-66-63-60-57-54-51-24-21-18-15-12-9-6-3)83-77(80)71-68-65-62-59-56-53-50-48-46-44-41-34-32-30-28-26-23-20-17-14-11-8-5-2/h7-8,10-11,16-17,19-21,24-28,31-34,36-37,39-40,43-46,50,53,59,62,74H,4-6,9,12-15,18,22-23,29-30,35,38,41-42,47-49,51-52,54-58,60-61,63-73H2,1-3H3/b10-7-,11-8-,19-16-,20-17-,24-21-,27-25-,28-26-,33-31-,34-32-,37-36-,40-39-,45-43-,46-44-,53-50-,62-59-. The Morgan fingerprint density at radius 3 is 0.783 bits per heavy atom. The molecule has 1 atom stereocenters. The van der Waals surface area contributed by atoms with E-state index in [1.165, 1.54) is 57.8 Å². The van der Waals surface area contributed by atoms with Crippen molar-refractivity contribution < 1.29 is 28.6 Å². The predicted octanol–water partition coefficient (Wildman–Crippen LogP) is 23.2. The van der Waals surface area contributed by atoms with Crippen LogP contribution in [0.15, 0.2) is 182 Å². The van der Waals surface area contributed by atoms with Crippen LogP contribution >= 0.6 is 0 Å². The maximum absolute atomic E-state index is 12.9. The van der Waals surface area contributed by atoms with E-state index in [1.807, 2.05) is 0 Å². The highest BCUT2D eigenvalue weighted by atomic mass is 16.6. The predicted molar refractivity (Wildman–Crippen MR) is 361 cm³/mol. The van der Waals surface area contributed by atoms with Crippen molar-refractivity contribution in [2.75, 3.05) is 13.2 Å². The molecule has 0 radical (unpaired) electrons. The lowest BCUT2D eigenvalue weighted by atomic mass is 10.1. The molecule has 0 aliphatic rings. The Hall–Kier alpha value is -5.49. The molecule has 83 heavy (non-hydrogen) atoms. The first kappa shape index (κ1) is 77.5. The van der Waals surface area contributed by atoms with Crippen LogP contribution in [0.1, 0.15) is 265 Å². The fourth-order valence-corrected chi connectivity index (χ4v) is 8.46. The number of carbonyl (C=O) groups excluding carboxylic acids is 3. The normalized spacial score (nSPS) is 13.3. The van der Waals surface area contributed by atoms with Gasteiger partial charge in [0.15, 0.2) is 6.10 Å². The summed E-state index contributed by atoms with van der Waals surface area (Å²) in [6, 6.07) is 0. The summed E-state index contributed by atoms with van der Waals surface area (Å²) in [4.78, 5) is 38.3. The van der Waals surface area contributed by atoms with Gasteiger partial charge in [-0.1, -0.05) is 274 Å². The Morgan fingerprint density at radius 2 is 0.482 bits per heavy atom. The molecular weight excluding hydrogens is 1020 g/mol. The van der Waals surface area contributed by atoms with Gasteiger partial charge in [-0.2, -0.15) is 0 Å². The zero-order valence-electron chi connectivity index (χ0n) is 53.1. The molecule has 0 aromatic rings. The van der Waals surface area contributed by atoms with Gasteiger partial charge in [0.05, 0.1) is 0 Å². The van der Waals surface area contributed by atoms with E-state index in [1.54, 1.807) is 0 Å². The minimum Gasteiger partial charge on any atom is -0.462 e. The van der Waals surface area contributed by atoms with Crippen LogP contribution < -0.4 is 0 Å². The maximum Gasteiger partial charge on any atom is 0.306 e. The van der Waals surface area contributed by atoms with Gasteiger partial charge in [-0.3, -0.25) is 14.4 Å². The summed E-state index contributed by atoms with van der Waals surface area (Å²) in [6.07, 6.45) is 103. The molecule has 6 heteroatoms. The van der Waals surface area contributed by atoms with E-state index in [2.05, 4.69) is 203 Å². The number of hydrogen-bond donors (Lipinski definition) is 0. The maximum atomic E-state index is 12.9. The SMILES string of the molecule is CC/C=C\C/C=C\C/C=C\C/C=C\C/C=C\C/C=C\C/C=C\CCCCCCCCCC(=O)OCC(COC(=O)CCCCCCC/C=C\CCCCCC)OC(=O)CCC/C=C\C/C=C\C/C=C\C/C=C\C/C=C\C/C=C\C/C=C\CC. The van der Waals surface area contributed by atoms with Crippen molar-refractivity contribution in [1.29, 1.82) is 0 Å². The molecule has 0 rings (SSSR count). The molecule has 1 unspecified atom stereocenters. The summed E-state index contributed by atoms with van der Waals surface area (Å²) in [5, 5.41) is 0. The highest BCUT2D eigenvalue weighted by Gasteiger charge is 2.19. The lowest BCUT2D eigenvalue weighted by Crippen LogP contribution is -2.30. The summed E-state index contributed by atoms with van der Waals surface area (Å²) >= 11 is 0. The van der Waals surface area contributed by atoms with Crippen LogP contribution in [-0.4, -0.2) is 37.2 Å². The quantitative estimate of drug-likeness (QED) is 0.0261. The first-order chi connectivity index (χ1) is 41.0. The monoisotopic (exact) mass is 1140 g/mol. The molecular formula is C77H120O6. The average Bonchev–Trinajstić information content (AvgIpc) is 3.49. The lowest BCUT2D eigenvalue weighted by molar-refractivity contribution is -0.167. The third-order valence-electron chi connectivity index (χ3n) is 13.4. The number of hydrogen-bond acceptors (Lipinski definition) is 6. The fourth-order valence-electron chi connectivity index (χ4n) is 8.46. The van der Waals surface area contributed by atoms with Crippen LogP contribution in [0.4, 0.5) is 0 Å². The second-order valence-electron chi connectivity index (χ2n) is 21.3. The molecule has 0 aromatic heterocycles. The van der Waals surface area contributed by atoms with Crippen LogP contribution in [0.3, 0.4) is 0 Å². The Morgan fingerprint density at radius 1 is 0.253 bits per heavy atom. The molecule has 0 aliphatic carbocycles. The highest BCUT2D eigenvalue weighted by molar-refractivity contribution is 5.71. The molecule has 0 fully saturated rings. The van der Waals surface area contributed by atoms with E-state index >= 15 is 0 Å². The van der Waals surface area contributed by atoms with Crippen LogP contribution in [0.25, 0.3) is 0 Å². The third kappa shape index (κ3) is 67.2. The minimum atomic E-state index is -0.828. The molecule has 464 valence electrons. The van der Waals surface area contributed by atoms with E-state index in [0.717, 1.165) is 161 Å². The fraction of sp³-hybridized carbons (Fsp3) is 0.571. The number of unbranched alkanes of at least 4 members (excludes halogenated alkanes) is 17. The van der Waals surface area contributed by atoms with Gasteiger partial charge < -0.3 is 14.2 Å². The van der Waals surface area contributed by atoms with Crippen molar-refractivity contribution in [3.8, 4) is 0 Å². The molecule has 0 N–H and O–H groups in total. The third-order valence-corrected chi connectivity index (χ3v) is 13.4. The van der Waals surface area contributed by atoms with Gasteiger partial charge in [0.1, 0.15) is 13.2 Å². The summed E-state index contributed by atoms with van der Waals surface area (Å²) in [5.74, 6) is -1.00. The summed E-state index contributed by atoms with van der Waals surface area (Å²) in [7, 11) is 0. The van der Waals surface area contributed by atoms with E-state index in [4.69, 9.17) is 14.2 Å². The number of carbonyl (C=O) groups is 3. The molecule has 0 aliphatic heterocycles. The molecule has 0 heterocycles. The molecule has 6 nitrogen and oxygen atoms in total. The van der Waals surface area contributed by atoms with Crippen LogP contribution in [0.2, 0.25) is 0 Å². The van der Waals surface area contributed by atoms with Gasteiger partial charge in [-0.05, 0) is 154 Å². The van der Waals surface area contributed by atoms with Crippen LogP contribution in [0.5, 0.6) is 0 Å². The lowest BCUT2D eigenvalue weighted by Gasteiger charge is -2.18. The van der Waals surface area contributed by atoms with Gasteiger partial charge >= 0.3 is 17.9 Å². The smallest absolute Gasteiger partial charge is 0.306 e. The molecule has 0 bridgehead atoms. The van der Waals surface area contributed by atoms with Crippen molar-refractivity contribution in [2.24, 2.45) is 0 Å². The molecule has 0 amide bonds. The van der Waals surface area contributed by atoms with Crippen molar-refractivity contribution in [1.82, 2.24) is 0 Å². The highest BCUT2D eigenvalue weighted by Crippen LogP contribution is 2.14. The van der Waals surface area contributed by atoms with Gasteiger partial charge in [-0.25, -0.2) is 0 Å². The van der Waals surface area contributed by atoms with Gasteiger partial charge in [0.25, 0.3) is 0 Å². The van der Waals surface area contributed by atoms with Crippen molar-refractivity contribution in [3.05, 3.63) is 182 Å². The Balaban J connectivity index is 4.47. The van der Waals surface area contributed by atoms with E-state index in [0.29, 0.717) is 19.3 Å². The van der Waals surface area contributed by atoms with E-state index in [9.17, 15) is 14.4 Å². The molecule has 0 saturated carbocycles. The van der Waals surface area contributed by atoms with Crippen molar-refractivity contribution in [3.63, 3.8) is 0 Å². The number of esters is 3. The molecule has 0 aromatic carbocycles. The summed E-state index contributed by atoms with van der Waals surface area (Å²) < 4.78 is 16.9. The Kier molecular flexibility index (Phi) is 64.4. The largest absolute Gasteiger partial charge is 0.462 e. The topological polar surface area (TPSA) is 78.9 Å². The first-order valence-electron chi connectivity index (χ1n) is 33.3. The Labute approximate surface area is 510 Å². The molecule has 0 spiro atoms. The second kappa shape index (κ2) is 69.0. The van der Waals surface area contributed by atoms with Crippen LogP contribution in [-0.2, 0) is 28.6 Å². The zero-order chi connectivity index (χ0) is 59.9. The van der Waals surface area contributed by atoms with Crippen molar-refractivity contribution in [2.45, 2.75) is 271 Å². The van der Waals surface area contributed by atoms with Gasteiger partial charge in [0.2, 0.25) is 0 Å².